The smallest absolute Gasteiger partial charge is 0.227 e. The van der Waals surface area contributed by atoms with Crippen molar-refractivity contribution in [2.24, 2.45) is 0 Å². The van der Waals surface area contributed by atoms with Crippen LogP contribution in [0.1, 0.15) is 36.3 Å². The van der Waals surface area contributed by atoms with Gasteiger partial charge in [-0.1, -0.05) is 18.7 Å². The molecule has 172 valence electrons. The lowest BCUT2D eigenvalue weighted by molar-refractivity contribution is -0.135. The van der Waals surface area contributed by atoms with E-state index >= 15 is 0 Å². The summed E-state index contributed by atoms with van der Waals surface area (Å²) in [5.74, 6) is -0.316. The molecule has 32 heavy (non-hydrogen) atoms. The normalized spacial score (nSPS) is 14.8. The van der Waals surface area contributed by atoms with Gasteiger partial charge in [-0.2, -0.15) is 0 Å². The lowest BCUT2D eigenvalue weighted by atomic mass is 9.91. The highest BCUT2D eigenvalue weighted by Crippen LogP contribution is 2.34. The number of morpholine rings is 1. The zero-order valence-electron chi connectivity index (χ0n) is 18.5. The zero-order valence-corrected chi connectivity index (χ0v) is 18.5. The van der Waals surface area contributed by atoms with Crippen LogP contribution < -0.4 is 10.2 Å². The summed E-state index contributed by atoms with van der Waals surface area (Å²) in [6.45, 7) is 8.12. The largest absolute Gasteiger partial charge is 0.502 e. The minimum atomic E-state index is -0.662. The van der Waals surface area contributed by atoms with E-state index in [9.17, 15) is 14.7 Å². The summed E-state index contributed by atoms with van der Waals surface area (Å²) in [7, 11) is 1.48. The standard InChI is InChI=1S/C24H29NO7/c1-16(2)14-31-18-6-4-17(5-7-18)20(13-22(27)25-8-10-30-11-9-25)24-23(28)21(26)12-19(32-24)15-29-3/h4-7,12,20,28H,1,8-11,13-15H2,2-3H3. The minimum absolute atomic E-state index is 0.0267. The number of hydrogen-bond acceptors (Lipinski definition) is 7. The number of carbonyl (C=O) groups is 1. The lowest BCUT2D eigenvalue weighted by Crippen LogP contribution is -2.41. The van der Waals surface area contributed by atoms with E-state index < -0.39 is 17.1 Å². The molecule has 8 nitrogen and oxygen atoms in total. The highest BCUT2D eigenvalue weighted by molar-refractivity contribution is 5.78. The van der Waals surface area contributed by atoms with E-state index in [0.29, 0.717) is 44.2 Å². The molecule has 1 N–H and O–H groups in total. The summed E-state index contributed by atoms with van der Waals surface area (Å²) >= 11 is 0. The topological polar surface area (TPSA) is 98.4 Å². The first-order chi connectivity index (χ1) is 15.4. The number of carbonyl (C=O) groups excluding carboxylic acids is 1. The number of hydrogen-bond donors (Lipinski definition) is 1. The monoisotopic (exact) mass is 443 g/mol. The van der Waals surface area contributed by atoms with Crippen molar-refractivity contribution in [3.63, 3.8) is 0 Å². The third-order valence-electron chi connectivity index (χ3n) is 5.11. The molecule has 0 spiro atoms. The Bertz CT molecular complexity index is 990. The first-order valence-electron chi connectivity index (χ1n) is 10.5. The van der Waals surface area contributed by atoms with Gasteiger partial charge in [0.2, 0.25) is 17.1 Å². The van der Waals surface area contributed by atoms with Crippen LogP contribution in [0.2, 0.25) is 0 Å². The SMILES string of the molecule is C=C(C)COc1ccc(C(CC(=O)N2CCOCC2)c2oc(COC)cc(=O)c2O)cc1. The molecule has 1 aliphatic rings. The van der Waals surface area contributed by atoms with E-state index in [1.54, 1.807) is 29.2 Å². The second kappa shape index (κ2) is 11.0. The van der Waals surface area contributed by atoms with Gasteiger partial charge in [0.25, 0.3) is 0 Å². The maximum absolute atomic E-state index is 13.0. The summed E-state index contributed by atoms with van der Waals surface area (Å²) in [5, 5.41) is 10.5. The van der Waals surface area contributed by atoms with Gasteiger partial charge in [0.15, 0.2) is 5.76 Å². The van der Waals surface area contributed by atoms with Crippen LogP contribution in [0.25, 0.3) is 0 Å². The van der Waals surface area contributed by atoms with Crippen molar-refractivity contribution in [3.05, 3.63) is 69.8 Å². The molecule has 1 amide bonds. The molecule has 2 heterocycles. The Morgan fingerprint density at radius 2 is 1.94 bits per heavy atom. The molecule has 2 aromatic rings. The van der Waals surface area contributed by atoms with Crippen LogP contribution in [0.15, 0.2) is 51.7 Å². The van der Waals surface area contributed by atoms with Gasteiger partial charge in [-0.05, 0) is 30.2 Å². The maximum atomic E-state index is 13.0. The molecule has 0 aliphatic carbocycles. The third-order valence-corrected chi connectivity index (χ3v) is 5.11. The molecule has 1 aromatic heterocycles. The fourth-order valence-corrected chi connectivity index (χ4v) is 3.49. The molecule has 0 saturated carbocycles. The van der Waals surface area contributed by atoms with E-state index in [4.69, 9.17) is 18.6 Å². The fraction of sp³-hybridized carbons (Fsp3) is 0.417. The van der Waals surface area contributed by atoms with Crippen molar-refractivity contribution in [3.8, 4) is 11.5 Å². The summed E-state index contributed by atoms with van der Waals surface area (Å²) in [5.41, 5.74) is 1.02. The predicted octanol–water partition coefficient (Wildman–Crippen LogP) is 2.83. The van der Waals surface area contributed by atoms with Crippen LogP contribution in [-0.2, 0) is 20.9 Å². The van der Waals surface area contributed by atoms with Crippen molar-refractivity contribution in [1.29, 1.82) is 0 Å². The number of rotatable bonds is 9. The zero-order chi connectivity index (χ0) is 23.1. The third kappa shape index (κ3) is 5.99. The van der Waals surface area contributed by atoms with E-state index in [0.717, 1.165) is 5.57 Å². The molecule has 0 bridgehead atoms. The van der Waals surface area contributed by atoms with Crippen molar-refractivity contribution in [1.82, 2.24) is 4.90 Å². The van der Waals surface area contributed by atoms with Gasteiger partial charge in [-0.3, -0.25) is 9.59 Å². The van der Waals surface area contributed by atoms with Crippen LogP contribution in [0, 0.1) is 0 Å². The van der Waals surface area contributed by atoms with Crippen molar-refractivity contribution in [2.75, 3.05) is 40.0 Å². The number of amides is 1. The molecule has 1 unspecified atom stereocenters. The van der Waals surface area contributed by atoms with Crippen LogP contribution in [0.5, 0.6) is 11.5 Å². The van der Waals surface area contributed by atoms with E-state index in [1.165, 1.54) is 13.2 Å². The first kappa shape index (κ1) is 23.6. The van der Waals surface area contributed by atoms with Gasteiger partial charge in [0.1, 0.15) is 24.7 Å². The highest BCUT2D eigenvalue weighted by Gasteiger charge is 2.29. The quantitative estimate of drug-likeness (QED) is 0.595. The molecular weight excluding hydrogens is 414 g/mol. The summed E-state index contributed by atoms with van der Waals surface area (Å²) in [4.78, 5) is 27.1. The predicted molar refractivity (Wildman–Crippen MR) is 118 cm³/mol. The van der Waals surface area contributed by atoms with Crippen molar-refractivity contribution in [2.45, 2.75) is 25.9 Å². The Kier molecular flexibility index (Phi) is 8.08. The fourth-order valence-electron chi connectivity index (χ4n) is 3.49. The number of aromatic hydroxyl groups is 1. The van der Waals surface area contributed by atoms with Crippen LogP contribution in [0.3, 0.4) is 0 Å². The second-order valence-corrected chi connectivity index (χ2v) is 7.79. The molecule has 0 radical (unpaired) electrons. The Balaban J connectivity index is 1.95. The second-order valence-electron chi connectivity index (χ2n) is 7.79. The van der Waals surface area contributed by atoms with Gasteiger partial charge < -0.3 is 28.6 Å². The molecule has 1 aliphatic heterocycles. The van der Waals surface area contributed by atoms with Crippen molar-refractivity contribution >= 4 is 5.91 Å². The van der Waals surface area contributed by atoms with Crippen molar-refractivity contribution < 1.29 is 28.5 Å². The first-order valence-corrected chi connectivity index (χ1v) is 10.5. The summed E-state index contributed by atoms with van der Waals surface area (Å²) in [6.07, 6.45) is 0.0267. The Morgan fingerprint density at radius 1 is 1.25 bits per heavy atom. The van der Waals surface area contributed by atoms with Crippen LogP contribution in [0.4, 0.5) is 0 Å². The van der Waals surface area contributed by atoms with E-state index in [1.807, 2.05) is 6.92 Å². The molecule has 1 atom stereocenters. The van der Waals surface area contributed by atoms with E-state index in [2.05, 4.69) is 6.58 Å². The number of ether oxygens (including phenoxy) is 3. The lowest BCUT2D eigenvalue weighted by Gasteiger charge is -2.28. The van der Waals surface area contributed by atoms with Gasteiger partial charge >= 0.3 is 0 Å². The van der Waals surface area contributed by atoms with Gasteiger partial charge in [0.05, 0.1) is 19.1 Å². The summed E-state index contributed by atoms with van der Waals surface area (Å²) in [6, 6.07) is 8.34. The van der Waals surface area contributed by atoms with Gasteiger partial charge in [0, 0.05) is 32.7 Å². The minimum Gasteiger partial charge on any atom is -0.502 e. The average molecular weight is 443 g/mol. The van der Waals surface area contributed by atoms with Crippen LogP contribution >= 0.6 is 0 Å². The summed E-state index contributed by atoms with van der Waals surface area (Å²) < 4.78 is 21.9. The Hall–Kier alpha value is -3.10. The highest BCUT2D eigenvalue weighted by atomic mass is 16.5. The van der Waals surface area contributed by atoms with Gasteiger partial charge in [-0.15, -0.1) is 0 Å². The van der Waals surface area contributed by atoms with Crippen LogP contribution in [-0.4, -0.2) is 55.9 Å². The molecule has 8 heteroatoms. The number of methoxy groups -OCH3 is 1. The molecular formula is C24H29NO7. The van der Waals surface area contributed by atoms with Gasteiger partial charge in [-0.25, -0.2) is 0 Å². The average Bonchev–Trinajstić information content (AvgIpc) is 2.79. The Morgan fingerprint density at radius 3 is 2.56 bits per heavy atom. The maximum Gasteiger partial charge on any atom is 0.227 e. The number of nitrogens with zero attached hydrogens (tertiary/aromatic N) is 1. The molecule has 1 aromatic carbocycles. The van der Waals surface area contributed by atoms with E-state index in [-0.39, 0.29) is 30.5 Å². The molecule has 1 saturated heterocycles. The number of benzene rings is 1. The molecule has 1 fully saturated rings. The Labute approximate surface area is 187 Å². The molecule has 3 rings (SSSR count).